The number of fused-ring (bicyclic) bond motifs is 2. The second-order valence-electron chi connectivity index (χ2n) is 15.2. The Morgan fingerprint density at radius 2 is 1.20 bits per heavy atom. The van der Waals surface area contributed by atoms with Gasteiger partial charge in [-0.25, -0.2) is 0 Å². The number of para-hydroxylation sites is 2. The molecule has 14 heteroatoms. The Labute approximate surface area is 344 Å². The monoisotopic (exact) mass is 836 g/mol. The van der Waals surface area contributed by atoms with Crippen molar-refractivity contribution < 1.29 is 45.7 Å². The van der Waals surface area contributed by atoms with E-state index >= 15 is 0 Å². The molecule has 0 bridgehead atoms. The van der Waals surface area contributed by atoms with Crippen molar-refractivity contribution in [3.63, 3.8) is 0 Å². The van der Waals surface area contributed by atoms with Crippen molar-refractivity contribution in [2.45, 2.75) is 50.9 Å². The molecule has 2 aliphatic rings. The molecular formula is C46H50F6N4O4. The highest BCUT2D eigenvalue weighted by Crippen LogP contribution is 2.32. The molecule has 2 fully saturated rings. The lowest BCUT2D eigenvalue weighted by Crippen LogP contribution is -2.38. The summed E-state index contributed by atoms with van der Waals surface area (Å²) in [5.74, 6) is 1.03. The second kappa shape index (κ2) is 20.7. The van der Waals surface area contributed by atoms with E-state index in [-0.39, 0.29) is 6.42 Å². The minimum Gasteiger partial charge on any atom is -0.493 e. The van der Waals surface area contributed by atoms with Crippen LogP contribution in [0.2, 0.25) is 0 Å². The number of ether oxygens (including phenoxy) is 2. The van der Waals surface area contributed by atoms with Gasteiger partial charge in [0.2, 0.25) is 0 Å². The van der Waals surface area contributed by atoms with Crippen LogP contribution in [0.5, 0.6) is 11.5 Å². The molecule has 6 aromatic rings. The van der Waals surface area contributed by atoms with Crippen molar-refractivity contribution in [3.8, 4) is 11.5 Å². The lowest BCUT2D eigenvalue weighted by atomic mass is 9.98. The van der Waals surface area contributed by atoms with Crippen molar-refractivity contribution in [2.24, 2.45) is 11.8 Å². The molecule has 8 nitrogen and oxygen atoms in total. The summed E-state index contributed by atoms with van der Waals surface area (Å²) in [6, 6.07) is 25.8. The number of nitrogens with one attached hydrogen (secondary N) is 3. The third kappa shape index (κ3) is 13.0. The highest BCUT2D eigenvalue weighted by Gasteiger charge is 2.31. The van der Waals surface area contributed by atoms with Gasteiger partial charge in [0, 0.05) is 65.7 Å². The number of nitrogens with zero attached hydrogens (tertiary/aromatic N) is 1. The fraction of sp³-hybridized carbons (Fsp3) is 0.370. The smallest absolute Gasteiger partial charge is 0.416 e. The van der Waals surface area contributed by atoms with Crippen molar-refractivity contribution in [3.05, 3.63) is 132 Å². The minimum atomic E-state index is -4.31. The number of aliphatic carboxylic acids is 1. The van der Waals surface area contributed by atoms with Crippen molar-refractivity contribution >= 4 is 27.8 Å². The fourth-order valence-electron chi connectivity index (χ4n) is 7.52. The average Bonchev–Trinajstić information content (AvgIpc) is 3.86. The van der Waals surface area contributed by atoms with Crippen LogP contribution < -0.4 is 14.8 Å². The molecule has 0 amide bonds. The van der Waals surface area contributed by atoms with Gasteiger partial charge in [-0.1, -0.05) is 36.4 Å². The molecular weight excluding hydrogens is 787 g/mol. The zero-order valence-corrected chi connectivity index (χ0v) is 33.1. The Morgan fingerprint density at radius 3 is 1.73 bits per heavy atom. The Bertz CT molecular complexity index is 2230. The number of aromatic amines is 2. The Morgan fingerprint density at radius 1 is 0.683 bits per heavy atom. The summed E-state index contributed by atoms with van der Waals surface area (Å²) in [6.07, 6.45) is 0.756. The molecule has 0 radical (unpaired) electrons. The number of hydrogen-bond donors (Lipinski definition) is 4. The molecule has 0 aliphatic carbocycles. The number of carbonyl (C=O) groups is 1. The molecule has 4 N–H and O–H groups in total. The van der Waals surface area contributed by atoms with Crippen LogP contribution in [0.4, 0.5) is 26.3 Å². The van der Waals surface area contributed by atoms with Gasteiger partial charge in [0.25, 0.3) is 0 Å². The normalized spacial score (nSPS) is 17.3. The van der Waals surface area contributed by atoms with Crippen LogP contribution in [0.3, 0.4) is 0 Å². The number of halogens is 6. The molecule has 2 aromatic heterocycles. The molecule has 2 unspecified atom stereocenters. The molecule has 8 rings (SSSR count). The highest BCUT2D eigenvalue weighted by atomic mass is 19.4. The maximum absolute atomic E-state index is 12.7. The summed E-state index contributed by atoms with van der Waals surface area (Å²) in [7, 11) is 0. The van der Waals surface area contributed by atoms with Gasteiger partial charge >= 0.3 is 18.3 Å². The van der Waals surface area contributed by atoms with Gasteiger partial charge in [0.15, 0.2) is 0 Å². The Balaban J connectivity index is 0.000000166. The first-order valence-electron chi connectivity index (χ1n) is 20.2. The average molecular weight is 837 g/mol. The van der Waals surface area contributed by atoms with Crippen molar-refractivity contribution in [1.82, 2.24) is 20.2 Å². The van der Waals surface area contributed by atoms with E-state index in [2.05, 4.69) is 44.6 Å². The topological polar surface area (TPSA) is 103 Å². The Kier molecular flexibility index (Phi) is 15.2. The number of alkyl halides is 6. The predicted molar refractivity (Wildman–Crippen MR) is 220 cm³/mol. The molecule has 0 saturated carbocycles. The summed E-state index contributed by atoms with van der Waals surface area (Å²) < 4.78 is 86.3. The van der Waals surface area contributed by atoms with E-state index in [9.17, 15) is 31.1 Å². The molecule has 4 aromatic carbocycles. The zero-order valence-electron chi connectivity index (χ0n) is 33.1. The van der Waals surface area contributed by atoms with Crippen molar-refractivity contribution in [2.75, 3.05) is 45.9 Å². The molecule has 2 saturated heterocycles. The molecule has 2 aliphatic heterocycles. The number of benzene rings is 4. The molecule has 0 spiro atoms. The van der Waals surface area contributed by atoms with Gasteiger partial charge in [-0.2, -0.15) is 26.3 Å². The first kappa shape index (κ1) is 44.1. The number of carboxylic acids is 1. The highest BCUT2D eigenvalue weighted by molar-refractivity contribution is 5.86. The van der Waals surface area contributed by atoms with Gasteiger partial charge in [-0.15, -0.1) is 0 Å². The summed E-state index contributed by atoms with van der Waals surface area (Å²) >= 11 is 0. The largest absolute Gasteiger partial charge is 0.493 e. The predicted octanol–water partition coefficient (Wildman–Crippen LogP) is 10.4. The maximum Gasteiger partial charge on any atom is 0.416 e. The third-order valence-corrected chi connectivity index (χ3v) is 10.7. The fourth-order valence-corrected chi connectivity index (χ4v) is 7.52. The van der Waals surface area contributed by atoms with Crippen LogP contribution in [-0.4, -0.2) is 71.9 Å². The van der Waals surface area contributed by atoms with E-state index in [1.54, 1.807) is 6.20 Å². The molecule has 4 heterocycles. The SMILES string of the molecule is FC(F)(F)c1ccc(OCC2CCCN(CCc3c[nH]c4ccccc34)C2)cc1.FC(F)(F)c1ccc(OCC2CCCNC2)cc1.O=C(O)Cc1c[nH]c2ccccc12. The number of carboxylic acid groups (broad SMARTS) is 1. The van der Waals surface area contributed by atoms with E-state index in [0.717, 1.165) is 106 Å². The lowest BCUT2D eigenvalue weighted by Gasteiger charge is -2.32. The first-order valence-corrected chi connectivity index (χ1v) is 20.2. The number of rotatable bonds is 11. The van der Waals surface area contributed by atoms with Gasteiger partial charge in [0.05, 0.1) is 30.8 Å². The van der Waals surface area contributed by atoms with E-state index in [1.165, 1.54) is 40.7 Å². The van der Waals surface area contributed by atoms with Gasteiger partial charge in [-0.05, 0) is 117 Å². The number of H-pyrrole nitrogens is 2. The van der Waals surface area contributed by atoms with Crippen LogP contribution in [-0.2, 0) is 30.0 Å². The summed E-state index contributed by atoms with van der Waals surface area (Å²) in [5, 5.41) is 14.2. The quantitative estimate of drug-likeness (QED) is 0.0970. The summed E-state index contributed by atoms with van der Waals surface area (Å²) in [6.45, 7) is 6.09. The third-order valence-electron chi connectivity index (χ3n) is 10.7. The first-order chi connectivity index (χ1) is 28.8. The van der Waals surface area contributed by atoms with Crippen LogP contribution in [0, 0.1) is 11.8 Å². The van der Waals surface area contributed by atoms with Crippen LogP contribution >= 0.6 is 0 Å². The van der Waals surface area contributed by atoms with E-state index in [4.69, 9.17) is 14.6 Å². The summed E-state index contributed by atoms with van der Waals surface area (Å²) in [5.41, 5.74) is 3.04. The van der Waals surface area contributed by atoms with Gasteiger partial charge in [0.1, 0.15) is 11.5 Å². The number of aromatic nitrogens is 2. The molecule has 60 heavy (non-hydrogen) atoms. The second-order valence-corrected chi connectivity index (χ2v) is 15.2. The molecule has 320 valence electrons. The van der Waals surface area contributed by atoms with E-state index in [1.807, 2.05) is 30.3 Å². The molecule has 2 atom stereocenters. The number of hydrogen-bond acceptors (Lipinski definition) is 5. The lowest BCUT2D eigenvalue weighted by molar-refractivity contribution is -0.138. The zero-order chi connectivity index (χ0) is 42.5. The minimum absolute atomic E-state index is 0.0734. The standard InChI is InChI=1S/C23H25F3N2O.C13H16F3NO.C10H9NO2/c24-23(25,26)19-7-9-20(10-8-19)29-16-17-4-3-12-28(15-17)13-11-18-14-27-22-6-2-1-5-21(18)22;14-13(15,16)11-3-5-12(6-4-11)18-9-10-2-1-7-17-8-10;12-10(13)5-7-6-11-9-4-2-1-3-8(7)9/h1-2,5-10,14,17,27H,3-4,11-13,15-16H2;3-6,10,17H,1-2,7-9H2;1-4,6,11H,5H2,(H,12,13). The van der Waals surface area contributed by atoms with Gasteiger partial charge in [-0.3, -0.25) is 4.79 Å². The number of likely N-dealkylation sites (tertiary alicyclic amines) is 1. The van der Waals surface area contributed by atoms with E-state index < -0.39 is 29.4 Å². The Hall–Kier alpha value is -5.47. The van der Waals surface area contributed by atoms with Gasteiger partial charge < -0.3 is 34.8 Å². The number of piperidine rings is 2. The summed E-state index contributed by atoms with van der Waals surface area (Å²) in [4.78, 5) is 19.3. The van der Waals surface area contributed by atoms with E-state index in [0.29, 0.717) is 36.5 Å². The maximum atomic E-state index is 12.7. The van der Waals surface area contributed by atoms with Crippen LogP contribution in [0.15, 0.2) is 109 Å². The van der Waals surface area contributed by atoms with Crippen LogP contribution in [0.25, 0.3) is 21.8 Å². The van der Waals surface area contributed by atoms with Crippen molar-refractivity contribution in [1.29, 1.82) is 0 Å². The van der Waals surface area contributed by atoms with Crippen LogP contribution in [0.1, 0.15) is 47.9 Å².